The van der Waals surface area contributed by atoms with Crippen LogP contribution in [-0.2, 0) is 14.8 Å². The van der Waals surface area contributed by atoms with Gasteiger partial charge in [0.15, 0.2) is 0 Å². The molecule has 1 heterocycles. The van der Waals surface area contributed by atoms with Crippen molar-refractivity contribution in [2.45, 2.75) is 17.9 Å². The van der Waals surface area contributed by atoms with Crippen LogP contribution < -0.4 is 10.1 Å². The van der Waals surface area contributed by atoms with Crippen LogP contribution in [0.3, 0.4) is 0 Å². The molecule has 7 heteroatoms. The normalized spacial score (nSPS) is 20.4. The molecule has 6 nitrogen and oxygen atoms in total. The van der Waals surface area contributed by atoms with E-state index in [0.29, 0.717) is 36.9 Å². The maximum atomic E-state index is 12.7. The van der Waals surface area contributed by atoms with E-state index in [9.17, 15) is 8.42 Å². The molecule has 1 unspecified atom stereocenters. The molecule has 1 fully saturated rings. The molecule has 0 saturated carbocycles. The number of sulfonamides is 1. The van der Waals surface area contributed by atoms with Gasteiger partial charge in [0.25, 0.3) is 0 Å². The molecule has 1 N–H and O–H groups in total. The molecule has 2 rings (SSSR count). The Morgan fingerprint density at radius 3 is 2.86 bits per heavy atom. The fourth-order valence-electron chi connectivity index (χ4n) is 2.42. The standard InChI is InChI=1S/C14H22N2O4S/c1-11-8-13(4-5-14(11)19-3)21(17,18)16-6-7-20-12(10-16)9-15-2/h4-5,8,12,15H,6-7,9-10H2,1-3H3. The van der Waals surface area contributed by atoms with Gasteiger partial charge >= 0.3 is 0 Å². The summed E-state index contributed by atoms with van der Waals surface area (Å²) < 4.78 is 37.6. The fraction of sp³-hybridized carbons (Fsp3) is 0.571. The third-order valence-corrected chi connectivity index (χ3v) is 5.40. The summed E-state index contributed by atoms with van der Waals surface area (Å²) in [5.41, 5.74) is 0.804. The van der Waals surface area contributed by atoms with Crippen molar-refractivity contribution in [1.29, 1.82) is 0 Å². The highest BCUT2D eigenvalue weighted by molar-refractivity contribution is 7.89. The maximum absolute atomic E-state index is 12.7. The quantitative estimate of drug-likeness (QED) is 0.862. The molecule has 0 amide bonds. The van der Waals surface area contributed by atoms with Crippen molar-refractivity contribution in [2.75, 3.05) is 40.4 Å². The fourth-order valence-corrected chi connectivity index (χ4v) is 3.96. The van der Waals surface area contributed by atoms with Gasteiger partial charge in [-0.25, -0.2) is 8.42 Å². The summed E-state index contributed by atoms with van der Waals surface area (Å²) in [6, 6.07) is 4.92. The summed E-state index contributed by atoms with van der Waals surface area (Å²) in [6.45, 7) is 3.64. The first-order valence-electron chi connectivity index (χ1n) is 6.90. The van der Waals surface area contributed by atoms with Crippen molar-refractivity contribution in [3.8, 4) is 5.75 Å². The molecule has 1 aromatic rings. The van der Waals surface area contributed by atoms with Gasteiger partial charge in [-0.1, -0.05) is 0 Å². The van der Waals surface area contributed by atoms with Crippen LogP contribution in [-0.4, -0.2) is 59.2 Å². The molecule has 0 spiro atoms. The van der Waals surface area contributed by atoms with E-state index in [2.05, 4.69) is 5.32 Å². The van der Waals surface area contributed by atoms with Crippen LogP contribution in [0.2, 0.25) is 0 Å². The van der Waals surface area contributed by atoms with Crippen molar-refractivity contribution in [1.82, 2.24) is 9.62 Å². The van der Waals surface area contributed by atoms with Crippen LogP contribution in [0.4, 0.5) is 0 Å². The molecular formula is C14H22N2O4S. The third-order valence-electron chi connectivity index (χ3n) is 3.54. The average Bonchev–Trinajstić information content (AvgIpc) is 2.48. The minimum Gasteiger partial charge on any atom is -0.496 e. The van der Waals surface area contributed by atoms with E-state index < -0.39 is 10.0 Å². The first-order valence-corrected chi connectivity index (χ1v) is 8.34. The number of methoxy groups -OCH3 is 1. The smallest absolute Gasteiger partial charge is 0.243 e. The number of benzene rings is 1. The number of rotatable bonds is 5. The van der Waals surface area contributed by atoms with Gasteiger partial charge in [-0.15, -0.1) is 0 Å². The zero-order chi connectivity index (χ0) is 15.5. The third kappa shape index (κ3) is 3.55. The number of hydrogen-bond donors (Lipinski definition) is 1. The molecule has 1 aliphatic heterocycles. The largest absolute Gasteiger partial charge is 0.496 e. The first-order chi connectivity index (χ1) is 9.98. The van der Waals surface area contributed by atoms with Gasteiger partial charge < -0.3 is 14.8 Å². The Labute approximate surface area is 126 Å². The number of nitrogens with zero attached hydrogens (tertiary/aromatic N) is 1. The van der Waals surface area contributed by atoms with Crippen molar-refractivity contribution in [2.24, 2.45) is 0 Å². The number of likely N-dealkylation sites (N-methyl/N-ethyl adjacent to an activating group) is 1. The molecule has 0 radical (unpaired) electrons. The number of aryl methyl sites for hydroxylation is 1. The van der Waals surface area contributed by atoms with Crippen molar-refractivity contribution >= 4 is 10.0 Å². The molecule has 0 aliphatic carbocycles. The number of hydrogen-bond acceptors (Lipinski definition) is 5. The molecule has 21 heavy (non-hydrogen) atoms. The zero-order valence-corrected chi connectivity index (χ0v) is 13.4. The second-order valence-corrected chi connectivity index (χ2v) is 6.98. The molecule has 0 bridgehead atoms. The SMILES string of the molecule is CNCC1CN(S(=O)(=O)c2ccc(OC)c(C)c2)CCO1. The number of morpholine rings is 1. The molecular weight excluding hydrogens is 292 g/mol. The Balaban J connectivity index is 2.23. The highest BCUT2D eigenvalue weighted by Gasteiger charge is 2.30. The summed E-state index contributed by atoms with van der Waals surface area (Å²) in [7, 11) is -0.0974. The minimum atomic E-state index is -3.49. The Morgan fingerprint density at radius 1 is 1.48 bits per heavy atom. The van der Waals surface area contributed by atoms with Gasteiger partial charge in [-0.3, -0.25) is 0 Å². The summed E-state index contributed by atoms with van der Waals surface area (Å²) in [5.74, 6) is 0.684. The van der Waals surface area contributed by atoms with Crippen LogP contribution in [0.1, 0.15) is 5.56 Å². The van der Waals surface area contributed by atoms with Gasteiger partial charge in [0.2, 0.25) is 10.0 Å². The molecule has 118 valence electrons. The lowest BCUT2D eigenvalue weighted by Gasteiger charge is -2.32. The van der Waals surface area contributed by atoms with Gasteiger partial charge in [0.05, 0.1) is 24.7 Å². The van der Waals surface area contributed by atoms with E-state index in [-0.39, 0.29) is 6.10 Å². The van der Waals surface area contributed by atoms with Crippen LogP contribution in [0.15, 0.2) is 23.1 Å². The number of ether oxygens (including phenoxy) is 2. The van der Waals surface area contributed by atoms with Crippen molar-refractivity contribution in [3.05, 3.63) is 23.8 Å². The monoisotopic (exact) mass is 314 g/mol. The number of nitrogens with one attached hydrogen (secondary N) is 1. The lowest BCUT2D eigenvalue weighted by atomic mass is 10.2. The predicted molar refractivity (Wildman–Crippen MR) is 80.2 cm³/mol. The molecule has 1 aliphatic rings. The van der Waals surface area contributed by atoms with E-state index in [4.69, 9.17) is 9.47 Å². The lowest BCUT2D eigenvalue weighted by Crippen LogP contribution is -2.48. The van der Waals surface area contributed by atoms with E-state index >= 15 is 0 Å². The van der Waals surface area contributed by atoms with Gasteiger partial charge in [0.1, 0.15) is 5.75 Å². The van der Waals surface area contributed by atoms with Crippen molar-refractivity contribution < 1.29 is 17.9 Å². The van der Waals surface area contributed by atoms with Gasteiger partial charge in [-0.05, 0) is 37.7 Å². The van der Waals surface area contributed by atoms with Gasteiger partial charge in [0, 0.05) is 19.6 Å². The Morgan fingerprint density at radius 2 is 2.24 bits per heavy atom. The summed E-state index contributed by atoms with van der Waals surface area (Å²) in [5, 5.41) is 3.01. The van der Waals surface area contributed by atoms with Crippen LogP contribution in [0.5, 0.6) is 5.75 Å². The summed E-state index contributed by atoms with van der Waals surface area (Å²) in [4.78, 5) is 0.297. The molecule has 0 aromatic heterocycles. The van der Waals surface area contributed by atoms with Gasteiger partial charge in [-0.2, -0.15) is 4.31 Å². The van der Waals surface area contributed by atoms with Crippen molar-refractivity contribution in [3.63, 3.8) is 0 Å². The molecule has 1 atom stereocenters. The second-order valence-electron chi connectivity index (χ2n) is 5.04. The zero-order valence-electron chi connectivity index (χ0n) is 12.6. The maximum Gasteiger partial charge on any atom is 0.243 e. The van der Waals surface area contributed by atoms with E-state index in [1.807, 2.05) is 14.0 Å². The Kier molecular flexibility index (Phi) is 5.21. The summed E-state index contributed by atoms with van der Waals surface area (Å²) >= 11 is 0. The van der Waals surface area contributed by atoms with Crippen LogP contribution >= 0.6 is 0 Å². The highest BCUT2D eigenvalue weighted by Crippen LogP contribution is 2.24. The lowest BCUT2D eigenvalue weighted by molar-refractivity contribution is 0.000823. The van der Waals surface area contributed by atoms with Crippen LogP contribution in [0, 0.1) is 6.92 Å². The van der Waals surface area contributed by atoms with E-state index in [1.165, 1.54) is 4.31 Å². The topological polar surface area (TPSA) is 67.9 Å². The highest BCUT2D eigenvalue weighted by atomic mass is 32.2. The average molecular weight is 314 g/mol. The van der Waals surface area contributed by atoms with Crippen LogP contribution in [0.25, 0.3) is 0 Å². The molecule has 1 saturated heterocycles. The minimum absolute atomic E-state index is 0.113. The second kappa shape index (κ2) is 6.74. The molecule has 1 aromatic carbocycles. The van der Waals surface area contributed by atoms with E-state index in [0.717, 1.165) is 5.56 Å². The first kappa shape index (κ1) is 16.2. The summed E-state index contributed by atoms with van der Waals surface area (Å²) in [6.07, 6.45) is -0.113. The van der Waals surface area contributed by atoms with E-state index in [1.54, 1.807) is 25.3 Å². The predicted octanol–water partition coefficient (Wildman–Crippen LogP) is 0.613. The Hall–Kier alpha value is -1.15. The Bertz CT molecular complexity index is 587.